The monoisotopic (exact) mass is 381 g/mol. The second-order valence-corrected chi connectivity index (χ2v) is 6.44. The number of rotatable bonds is 8. The molecular weight excluding hydrogens is 361 g/mol. The summed E-state index contributed by atoms with van der Waals surface area (Å²) in [5.41, 5.74) is 1.73. The standard InChI is InChI=1S/C21H20FN3O3/c22-19-5-2-1-4-17(19)12-18(21(27)28)13-23-20(26)16-8-6-15(7-9-16)14-25-11-3-10-24-25/h1-11,18H,12-14H2,(H,23,26)(H,27,28). The van der Waals surface area contributed by atoms with E-state index in [1.54, 1.807) is 41.2 Å². The van der Waals surface area contributed by atoms with E-state index in [4.69, 9.17) is 0 Å². The molecule has 1 aromatic heterocycles. The minimum atomic E-state index is -1.09. The van der Waals surface area contributed by atoms with E-state index in [0.29, 0.717) is 17.7 Å². The Morgan fingerprint density at radius 1 is 1.11 bits per heavy atom. The van der Waals surface area contributed by atoms with Gasteiger partial charge in [-0.25, -0.2) is 4.39 Å². The SMILES string of the molecule is O=C(NCC(Cc1ccccc1F)C(=O)O)c1ccc(Cn2cccn2)cc1. The number of carboxylic acid groups (broad SMARTS) is 1. The van der Waals surface area contributed by atoms with Gasteiger partial charge in [-0.05, 0) is 41.8 Å². The van der Waals surface area contributed by atoms with Crippen molar-refractivity contribution in [3.05, 3.63) is 89.5 Å². The lowest BCUT2D eigenvalue weighted by Gasteiger charge is -2.14. The van der Waals surface area contributed by atoms with Crippen molar-refractivity contribution in [2.24, 2.45) is 5.92 Å². The van der Waals surface area contributed by atoms with Crippen LogP contribution in [0.2, 0.25) is 0 Å². The first kappa shape index (κ1) is 19.3. The number of carbonyl (C=O) groups is 2. The molecule has 0 saturated carbocycles. The minimum absolute atomic E-state index is 0.00505. The number of benzene rings is 2. The van der Waals surface area contributed by atoms with E-state index in [1.807, 2.05) is 24.4 Å². The Bertz CT molecular complexity index is 940. The quantitative estimate of drug-likeness (QED) is 0.628. The molecule has 144 valence electrons. The number of amides is 1. The van der Waals surface area contributed by atoms with Gasteiger partial charge < -0.3 is 10.4 Å². The maximum absolute atomic E-state index is 13.8. The second-order valence-electron chi connectivity index (χ2n) is 6.44. The summed E-state index contributed by atoms with van der Waals surface area (Å²) in [6.07, 6.45) is 3.55. The highest BCUT2D eigenvalue weighted by Crippen LogP contribution is 2.13. The Balaban J connectivity index is 1.58. The van der Waals surface area contributed by atoms with Crippen LogP contribution in [0.1, 0.15) is 21.5 Å². The third-order valence-electron chi connectivity index (χ3n) is 4.40. The number of carboxylic acids is 1. The maximum atomic E-state index is 13.8. The maximum Gasteiger partial charge on any atom is 0.308 e. The first-order valence-corrected chi connectivity index (χ1v) is 8.83. The largest absolute Gasteiger partial charge is 0.481 e. The van der Waals surface area contributed by atoms with Crippen LogP contribution in [0.25, 0.3) is 0 Å². The van der Waals surface area contributed by atoms with E-state index in [-0.39, 0.29) is 18.9 Å². The van der Waals surface area contributed by atoms with Crippen LogP contribution in [0.5, 0.6) is 0 Å². The van der Waals surface area contributed by atoms with Crippen LogP contribution >= 0.6 is 0 Å². The summed E-state index contributed by atoms with van der Waals surface area (Å²) in [5.74, 6) is -2.82. The zero-order chi connectivity index (χ0) is 19.9. The fourth-order valence-corrected chi connectivity index (χ4v) is 2.84. The summed E-state index contributed by atoms with van der Waals surface area (Å²) in [7, 11) is 0. The van der Waals surface area contributed by atoms with Gasteiger partial charge >= 0.3 is 5.97 Å². The first-order chi connectivity index (χ1) is 13.5. The number of hydrogen-bond donors (Lipinski definition) is 2. The van der Waals surface area contributed by atoms with E-state index >= 15 is 0 Å². The molecule has 6 nitrogen and oxygen atoms in total. The van der Waals surface area contributed by atoms with Crippen LogP contribution in [0, 0.1) is 11.7 Å². The van der Waals surface area contributed by atoms with Crippen LogP contribution in [0.15, 0.2) is 67.0 Å². The molecule has 0 radical (unpaired) electrons. The third kappa shape index (κ3) is 5.03. The van der Waals surface area contributed by atoms with Crippen LogP contribution in [0.4, 0.5) is 4.39 Å². The van der Waals surface area contributed by atoms with Crippen LogP contribution in [-0.4, -0.2) is 33.3 Å². The fourth-order valence-electron chi connectivity index (χ4n) is 2.84. The number of nitrogens with zero attached hydrogens (tertiary/aromatic N) is 2. The van der Waals surface area contributed by atoms with Gasteiger partial charge in [-0.15, -0.1) is 0 Å². The van der Waals surface area contributed by atoms with Gasteiger partial charge in [0, 0.05) is 24.5 Å². The molecule has 3 rings (SSSR count). The summed E-state index contributed by atoms with van der Waals surface area (Å²) in [4.78, 5) is 23.8. The van der Waals surface area contributed by atoms with E-state index < -0.39 is 17.7 Å². The Morgan fingerprint density at radius 3 is 2.50 bits per heavy atom. The van der Waals surface area contributed by atoms with Crippen molar-refractivity contribution < 1.29 is 19.1 Å². The Labute approximate surface area is 161 Å². The van der Waals surface area contributed by atoms with Crippen LogP contribution in [0.3, 0.4) is 0 Å². The van der Waals surface area contributed by atoms with Gasteiger partial charge in [0.05, 0.1) is 12.5 Å². The van der Waals surface area contributed by atoms with Crippen LogP contribution < -0.4 is 5.32 Å². The number of halogens is 1. The molecule has 7 heteroatoms. The average Bonchev–Trinajstić information content (AvgIpc) is 3.19. The summed E-state index contributed by atoms with van der Waals surface area (Å²) >= 11 is 0. The van der Waals surface area contributed by atoms with Gasteiger partial charge in [-0.2, -0.15) is 5.10 Å². The summed E-state index contributed by atoms with van der Waals surface area (Å²) < 4.78 is 15.5. The highest BCUT2D eigenvalue weighted by Gasteiger charge is 2.20. The van der Waals surface area contributed by atoms with E-state index in [2.05, 4.69) is 10.4 Å². The van der Waals surface area contributed by atoms with E-state index in [1.165, 1.54) is 6.07 Å². The molecule has 0 aliphatic heterocycles. The molecule has 0 saturated heterocycles. The van der Waals surface area contributed by atoms with Crippen molar-refractivity contribution in [1.29, 1.82) is 0 Å². The molecule has 0 aliphatic rings. The lowest BCUT2D eigenvalue weighted by atomic mass is 9.98. The van der Waals surface area contributed by atoms with Gasteiger partial charge in [0.15, 0.2) is 0 Å². The molecule has 0 fully saturated rings. The number of aliphatic carboxylic acids is 1. The zero-order valence-electron chi connectivity index (χ0n) is 15.1. The molecule has 2 N–H and O–H groups in total. The smallest absolute Gasteiger partial charge is 0.308 e. The molecule has 0 bridgehead atoms. The predicted octanol–water partition coefficient (Wildman–Crippen LogP) is 2.74. The van der Waals surface area contributed by atoms with Gasteiger partial charge in [0.25, 0.3) is 5.91 Å². The molecule has 1 atom stereocenters. The third-order valence-corrected chi connectivity index (χ3v) is 4.40. The molecule has 1 unspecified atom stereocenters. The van der Waals surface area contributed by atoms with Gasteiger partial charge in [-0.1, -0.05) is 30.3 Å². The molecule has 0 spiro atoms. The number of nitrogens with one attached hydrogen (secondary N) is 1. The fraction of sp³-hybridized carbons (Fsp3) is 0.190. The Hall–Kier alpha value is -3.48. The molecule has 2 aromatic carbocycles. The van der Waals surface area contributed by atoms with Crippen molar-refractivity contribution in [1.82, 2.24) is 15.1 Å². The molecule has 1 heterocycles. The van der Waals surface area contributed by atoms with Crippen LogP contribution in [-0.2, 0) is 17.8 Å². The lowest BCUT2D eigenvalue weighted by molar-refractivity contribution is -0.141. The highest BCUT2D eigenvalue weighted by atomic mass is 19.1. The van der Waals surface area contributed by atoms with E-state index in [0.717, 1.165) is 5.56 Å². The number of hydrogen-bond acceptors (Lipinski definition) is 3. The minimum Gasteiger partial charge on any atom is -0.481 e. The average molecular weight is 381 g/mol. The van der Waals surface area contributed by atoms with Crippen molar-refractivity contribution >= 4 is 11.9 Å². The summed E-state index contributed by atoms with van der Waals surface area (Å²) in [5, 5.41) is 16.1. The van der Waals surface area contributed by atoms with Crippen molar-refractivity contribution in [2.75, 3.05) is 6.54 Å². The van der Waals surface area contributed by atoms with Gasteiger partial charge in [0.2, 0.25) is 0 Å². The topological polar surface area (TPSA) is 84.2 Å². The van der Waals surface area contributed by atoms with Crippen molar-refractivity contribution in [3.8, 4) is 0 Å². The zero-order valence-corrected chi connectivity index (χ0v) is 15.1. The second kappa shape index (κ2) is 8.94. The molecule has 1 amide bonds. The Kier molecular flexibility index (Phi) is 6.16. The lowest BCUT2D eigenvalue weighted by Crippen LogP contribution is -2.34. The van der Waals surface area contributed by atoms with Gasteiger partial charge in [0.1, 0.15) is 5.82 Å². The summed E-state index contributed by atoms with van der Waals surface area (Å²) in [6.45, 7) is 0.510. The summed E-state index contributed by atoms with van der Waals surface area (Å²) in [6, 6.07) is 14.9. The predicted molar refractivity (Wildman–Crippen MR) is 101 cm³/mol. The normalized spacial score (nSPS) is 11.8. The molecule has 3 aromatic rings. The Morgan fingerprint density at radius 2 is 1.86 bits per heavy atom. The first-order valence-electron chi connectivity index (χ1n) is 8.83. The number of carbonyl (C=O) groups excluding carboxylic acids is 1. The molecular formula is C21H20FN3O3. The number of aromatic nitrogens is 2. The molecule has 0 aliphatic carbocycles. The van der Waals surface area contributed by atoms with E-state index in [9.17, 15) is 19.1 Å². The van der Waals surface area contributed by atoms with Crippen molar-refractivity contribution in [2.45, 2.75) is 13.0 Å². The van der Waals surface area contributed by atoms with Crippen molar-refractivity contribution in [3.63, 3.8) is 0 Å². The molecule has 28 heavy (non-hydrogen) atoms. The van der Waals surface area contributed by atoms with Gasteiger partial charge in [-0.3, -0.25) is 14.3 Å². The highest BCUT2D eigenvalue weighted by molar-refractivity contribution is 5.94.